The van der Waals surface area contributed by atoms with E-state index in [4.69, 9.17) is 16.3 Å². The lowest BCUT2D eigenvalue weighted by atomic mass is 9.97. The van der Waals surface area contributed by atoms with Crippen LogP contribution >= 0.6 is 27.5 Å². The molecule has 2 nitrogen and oxygen atoms in total. The molecule has 0 saturated carbocycles. The van der Waals surface area contributed by atoms with E-state index in [9.17, 15) is 0 Å². The third-order valence-corrected chi connectivity index (χ3v) is 4.08. The molecule has 0 heterocycles. The van der Waals surface area contributed by atoms with Crippen LogP contribution in [-0.2, 0) is 0 Å². The van der Waals surface area contributed by atoms with Crippen molar-refractivity contribution >= 4 is 27.5 Å². The molecule has 0 aliphatic rings. The maximum atomic E-state index is 6.40. The van der Waals surface area contributed by atoms with Gasteiger partial charge in [0.2, 0.25) is 0 Å². The number of ether oxygens (including phenoxy) is 1. The van der Waals surface area contributed by atoms with Crippen LogP contribution < -0.4 is 10.1 Å². The van der Waals surface area contributed by atoms with Gasteiger partial charge in [-0.3, -0.25) is 0 Å². The first-order valence-corrected chi connectivity index (χ1v) is 7.50. The van der Waals surface area contributed by atoms with Gasteiger partial charge in [0.25, 0.3) is 0 Å². The van der Waals surface area contributed by atoms with Crippen LogP contribution in [0, 0.1) is 6.92 Å². The number of halogens is 2. The Bertz CT molecular complexity index is 615. The van der Waals surface area contributed by atoms with Crippen LogP contribution in [0.25, 0.3) is 0 Å². The van der Waals surface area contributed by atoms with Crippen LogP contribution in [0.1, 0.15) is 22.7 Å². The Hall–Kier alpha value is -1.03. The minimum Gasteiger partial charge on any atom is -0.496 e. The molecule has 106 valence electrons. The van der Waals surface area contributed by atoms with Crippen LogP contribution in [0.15, 0.2) is 40.9 Å². The van der Waals surface area contributed by atoms with E-state index in [-0.39, 0.29) is 6.04 Å². The zero-order valence-corrected chi connectivity index (χ0v) is 14.0. The maximum absolute atomic E-state index is 6.40. The highest BCUT2D eigenvalue weighted by atomic mass is 79.9. The van der Waals surface area contributed by atoms with Gasteiger partial charge in [0.05, 0.1) is 13.2 Å². The fourth-order valence-electron chi connectivity index (χ4n) is 2.28. The summed E-state index contributed by atoms with van der Waals surface area (Å²) in [5.74, 6) is 0.837. The third-order valence-electron chi connectivity index (χ3n) is 3.26. The lowest BCUT2D eigenvalue weighted by Crippen LogP contribution is -2.19. The monoisotopic (exact) mass is 353 g/mol. The molecule has 0 aliphatic carbocycles. The first kappa shape index (κ1) is 15.4. The molecule has 0 fully saturated rings. The molecule has 0 bridgehead atoms. The van der Waals surface area contributed by atoms with E-state index in [2.05, 4.69) is 39.4 Å². The molecular weight excluding hydrogens is 338 g/mol. The molecule has 0 aliphatic heterocycles. The third kappa shape index (κ3) is 3.17. The van der Waals surface area contributed by atoms with Crippen molar-refractivity contribution in [3.63, 3.8) is 0 Å². The van der Waals surface area contributed by atoms with E-state index in [0.29, 0.717) is 0 Å². The largest absolute Gasteiger partial charge is 0.496 e. The average Bonchev–Trinajstić information content (AvgIpc) is 2.42. The summed E-state index contributed by atoms with van der Waals surface area (Å²) in [6.07, 6.45) is 0. The molecule has 2 aromatic rings. The Morgan fingerprint density at radius 3 is 2.50 bits per heavy atom. The summed E-state index contributed by atoms with van der Waals surface area (Å²) in [5, 5.41) is 4.07. The molecule has 20 heavy (non-hydrogen) atoms. The number of methoxy groups -OCH3 is 1. The van der Waals surface area contributed by atoms with Crippen molar-refractivity contribution in [1.82, 2.24) is 5.32 Å². The molecule has 0 amide bonds. The summed E-state index contributed by atoms with van der Waals surface area (Å²) in [4.78, 5) is 0. The van der Waals surface area contributed by atoms with E-state index >= 15 is 0 Å². The van der Waals surface area contributed by atoms with E-state index in [0.717, 1.165) is 31.9 Å². The van der Waals surface area contributed by atoms with Crippen LogP contribution in [0.3, 0.4) is 0 Å². The summed E-state index contributed by atoms with van der Waals surface area (Å²) in [6, 6.07) is 12.0. The molecule has 1 unspecified atom stereocenters. The van der Waals surface area contributed by atoms with Crippen molar-refractivity contribution in [2.45, 2.75) is 13.0 Å². The standard InChI is InChI=1S/C16H17BrClNO/c1-10-4-6-12(14(18)8-10)16(19-2)13-9-11(17)5-7-15(13)20-3/h4-9,16,19H,1-3H3. The van der Waals surface area contributed by atoms with Crippen LogP contribution in [0.4, 0.5) is 0 Å². The second-order valence-corrected chi connectivity index (χ2v) is 5.96. The Morgan fingerprint density at radius 1 is 1.15 bits per heavy atom. The van der Waals surface area contributed by atoms with Gasteiger partial charge in [-0.2, -0.15) is 0 Å². The molecule has 2 aromatic carbocycles. The van der Waals surface area contributed by atoms with Gasteiger partial charge in [-0.1, -0.05) is 39.7 Å². The number of hydrogen-bond acceptors (Lipinski definition) is 2. The van der Waals surface area contributed by atoms with Crippen molar-refractivity contribution in [3.05, 3.63) is 62.6 Å². The molecule has 0 saturated heterocycles. The van der Waals surface area contributed by atoms with Gasteiger partial charge in [-0.25, -0.2) is 0 Å². The normalized spacial score (nSPS) is 12.2. The highest BCUT2D eigenvalue weighted by Gasteiger charge is 2.19. The first-order chi connectivity index (χ1) is 9.56. The Labute approximate surface area is 133 Å². The van der Waals surface area contributed by atoms with Gasteiger partial charge in [0.1, 0.15) is 5.75 Å². The van der Waals surface area contributed by atoms with Crippen molar-refractivity contribution < 1.29 is 4.74 Å². The predicted octanol–water partition coefficient (Wildman–Crippen LogP) is 4.73. The highest BCUT2D eigenvalue weighted by molar-refractivity contribution is 9.10. The minimum absolute atomic E-state index is 0.0180. The number of rotatable bonds is 4. The molecule has 1 atom stereocenters. The number of hydrogen-bond donors (Lipinski definition) is 1. The lowest BCUT2D eigenvalue weighted by Gasteiger charge is -2.21. The highest BCUT2D eigenvalue weighted by Crippen LogP contribution is 2.35. The molecule has 0 spiro atoms. The Balaban J connectivity index is 2.54. The fraction of sp³-hybridized carbons (Fsp3) is 0.250. The summed E-state index contributed by atoms with van der Waals surface area (Å²) >= 11 is 9.91. The zero-order chi connectivity index (χ0) is 14.7. The summed E-state index contributed by atoms with van der Waals surface area (Å²) in [7, 11) is 3.59. The summed E-state index contributed by atoms with van der Waals surface area (Å²) in [6.45, 7) is 2.03. The van der Waals surface area contributed by atoms with Crippen LogP contribution in [0.2, 0.25) is 5.02 Å². The topological polar surface area (TPSA) is 21.3 Å². The smallest absolute Gasteiger partial charge is 0.124 e. The van der Waals surface area contributed by atoms with Crippen LogP contribution in [0.5, 0.6) is 5.75 Å². The summed E-state index contributed by atoms with van der Waals surface area (Å²) < 4.78 is 6.48. The average molecular weight is 355 g/mol. The quantitative estimate of drug-likeness (QED) is 0.857. The van der Waals surface area contributed by atoms with E-state index in [1.54, 1.807) is 7.11 Å². The number of nitrogens with one attached hydrogen (secondary N) is 1. The van der Waals surface area contributed by atoms with Crippen molar-refractivity contribution in [2.75, 3.05) is 14.2 Å². The second-order valence-electron chi connectivity index (χ2n) is 4.63. The van der Waals surface area contributed by atoms with Gasteiger partial charge in [-0.15, -0.1) is 0 Å². The van der Waals surface area contributed by atoms with Gasteiger partial charge in [0.15, 0.2) is 0 Å². The van der Waals surface area contributed by atoms with E-state index < -0.39 is 0 Å². The SMILES string of the molecule is CNC(c1ccc(C)cc1Cl)c1cc(Br)ccc1OC. The predicted molar refractivity (Wildman–Crippen MR) is 87.8 cm³/mol. The number of benzene rings is 2. The zero-order valence-electron chi connectivity index (χ0n) is 11.7. The van der Waals surface area contributed by atoms with Gasteiger partial charge in [0, 0.05) is 15.1 Å². The maximum Gasteiger partial charge on any atom is 0.124 e. The molecule has 0 aromatic heterocycles. The first-order valence-electron chi connectivity index (χ1n) is 6.33. The molecular formula is C16H17BrClNO. The molecule has 1 N–H and O–H groups in total. The second kappa shape index (κ2) is 6.61. The minimum atomic E-state index is -0.0180. The number of aryl methyl sites for hydroxylation is 1. The van der Waals surface area contributed by atoms with Gasteiger partial charge >= 0.3 is 0 Å². The van der Waals surface area contributed by atoms with Crippen molar-refractivity contribution in [1.29, 1.82) is 0 Å². The van der Waals surface area contributed by atoms with Gasteiger partial charge < -0.3 is 10.1 Å². The van der Waals surface area contributed by atoms with Gasteiger partial charge in [-0.05, 0) is 49.4 Å². The Kier molecular flexibility index (Phi) is 5.08. The van der Waals surface area contributed by atoms with E-state index in [1.807, 2.05) is 32.2 Å². The van der Waals surface area contributed by atoms with E-state index in [1.165, 1.54) is 0 Å². The molecule has 4 heteroatoms. The molecule has 0 radical (unpaired) electrons. The lowest BCUT2D eigenvalue weighted by molar-refractivity contribution is 0.405. The fourth-order valence-corrected chi connectivity index (χ4v) is 3.00. The molecule has 2 rings (SSSR count). The van der Waals surface area contributed by atoms with Crippen LogP contribution in [-0.4, -0.2) is 14.2 Å². The van der Waals surface area contributed by atoms with Crippen molar-refractivity contribution in [2.24, 2.45) is 0 Å². The van der Waals surface area contributed by atoms with Crippen molar-refractivity contribution in [3.8, 4) is 5.75 Å². The summed E-state index contributed by atoms with van der Waals surface area (Å²) in [5.41, 5.74) is 3.24. The Morgan fingerprint density at radius 2 is 1.90 bits per heavy atom.